The van der Waals surface area contributed by atoms with Crippen LogP contribution in [0.15, 0.2) is 57.1 Å². The number of ether oxygens (including phenoxy) is 3. The second-order valence-corrected chi connectivity index (χ2v) is 9.04. The van der Waals surface area contributed by atoms with Crippen molar-refractivity contribution in [3.63, 3.8) is 0 Å². The van der Waals surface area contributed by atoms with Gasteiger partial charge in [-0.15, -0.1) is 11.3 Å². The molecule has 0 N–H and O–H groups in total. The van der Waals surface area contributed by atoms with Gasteiger partial charge in [0.1, 0.15) is 23.8 Å². The van der Waals surface area contributed by atoms with Crippen LogP contribution < -0.4 is 19.6 Å². The first-order valence-corrected chi connectivity index (χ1v) is 11.7. The van der Waals surface area contributed by atoms with Gasteiger partial charge in [0.2, 0.25) is 5.43 Å². The van der Waals surface area contributed by atoms with Crippen molar-refractivity contribution in [2.75, 3.05) is 27.5 Å². The molecule has 0 fully saturated rings. The van der Waals surface area contributed by atoms with Gasteiger partial charge < -0.3 is 18.6 Å². The molecule has 0 unspecified atom stereocenters. The van der Waals surface area contributed by atoms with Crippen molar-refractivity contribution in [1.82, 2.24) is 4.90 Å². The van der Waals surface area contributed by atoms with Crippen molar-refractivity contribution < 1.29 is 18.6 Å². The highest BCUT2D eigenvalue weighted by Crippen LogP contribution is 2.36. The SMILES string of the molecule is COc1ccc(-c2c(C)oc3c4c(ccc3c2=O)OCN(CCc2cccs2)C4)cc1OC. The second kappa shape index (κ2) is 8.92. The van der Waals surface area contributed by atoms with Gasteiger partial charge in [0.25, 0.3) is 0 Å². The van der Waals surface area contributed by atoms with Crippen LogP contribution in [-0.2, 0) is 13.0 Å². The molecule has 1 aliphatic heterocycles. The Morgan fingerprint density at radius 1 is 1.09 bits per heavy atom. The summed E-state index contributed by atoms with van der Waals surface area (Å²) in [5.74, 6) is 2.51. The van der Waals surface area contributed by atoms with Gasteiger partial charge in [-0.1, -0.05) is 12.1 Å². The molecule has 33 heavy (non-hydrogen) atoms. The lowest BCUT2D eigenvalue weighted by atomic mass is 10.00. The fourth-order valence-corrected chi connectivity index (χ4v) is 5.01. The van der Waals surface area contributed by atoms with E-state index in [9.17, 15) is 4.79 Å². The maximum Gasteiger partial charge on any atom is 0.200 e. The van der Waals surface area contributed by atoms with Crippen LogP contribution >= 0.6 is 11.3 Å². The molecule has 2 aromatic heterocycles. The van der Waals surface area contributed by atoms with Gasteiger partial charge in [-0.2, -0.15) is 0 Å². The monoisotopic (exact) mass is 463 g/mol. The summed E-state index contributed by atoms with van der Waals surface area (Å²) in [6, 6.07) is 13.3. The third kappa shape index (κ3) is 3.98. The number of fused-ring (bicyclic) bond motifs is 3. The zero-order chi connectivity index (χ0) is 22.9. The molecule has 5 rings (SSSR count). The Labute approximate surface area is 195 Å². The minimum atomic E-state index is -0.0699. The summed E-state index contributed by atoms with van der Waals surface area (Å²) >= 11 is 1.76. The number of rotatable bonds is 6. The number of nitrogens with zero attached hydrogens (tertiary/aromatic N) is 1. The lowest BCUT2D eigenvalue weighted by Gasteiger charge is -2.29. The van der Waals surface area contributed by atoms with Gasteiger partial charge >= 0.3 is 0 Å². The average molecular weight is 464 g/mol. The van der Waals surface area contributed by atoms with Crippen molar-refractivity contribution >= 4 is 22.3 Å². The fourth-order valence-electron chi connectivity index (χ4n) is 4.31. The van der Waals surface area contributed by atoms with E-state index in [1.165, 1.54) is 4.88 Å². The molecule has 0 spiro atoms. The number of benzene rings is 2. The van der Waals surface area contributed by atoms with Crippen molar-refractivity contribution in [1.29, 1.82) is 0 Å². The van der Waals surface area contributed by atoms with E-state index in [1.54, 1.807) is 43.8 Å². The Morgan fingerprint density at radius 3 is 2.70 bits per heavy atom. The van der Waals surface area contributed by atoms with Crippen LogP contribution in [0.1, 0.15) is 16.2 Å². The van der Waals surface area contributed by atoms with E-state index in [2.05, 4.69) is 22.4 Å². The zero-order valence-corrected chi connectivity index (χ0v) is 19.7. The van der Waals surface area contributed by atoms with Crippen LogP contribution in [0.25, 0.3) is 22.1 Å². The topological polar surface area (TPSA) is 61.1 Å². The first kappa shape index (κ1) is 21.6. The number of thiophene rings is 1. The highest BCUT2D eigenvalue weighted by atomic mass is 32.1. The van der Waals surface area contributed by atoms with E-state index in [-0.39, 0.29) is 5.43 Å². The Hall–Kier alpha value is -3.29. The molecule has 170 valence electrons. The van der Waals surface area contributed by atoms with E-state index in [1.807, 2.05) is 19.1 Å². The molecule has 2 aromatic carbocycles. The Balaban J connectivity index is 1.53. The summed E-state index contributed by atoms with van der Waals surface area (Å²) in [6.45, 7) is 3.90. The molecule has 0 amide bonds. The first-order chi connectivity index (χ1) is 16.1. The summed E-state index contributed by atoms with van der Waals surface area (Å²) in [6.07, 6.45) is 0.966. The van der Waals surface area contributed by atoms with Crippen molar-refractivity contribution in [3.05, 3.63) is 74.3 Å². The van der Waals surface area contributed by atoms with Gasteiger partial charge in [0.05, 0.1) is 30.7 Å². The fraction of sp³-hybridized carbons (Fsp3) is 0.269. The molecule has 4 aromatic rings. The van der Waals surface area contributed by atoms with Crippen LogP contribution in [-0.4, -0.2) is 32.4 Å². The summed E-state index contributed by atoms with van der Waals surface area (Å²) in [7, 11) is 3.16. The van der Waals surface area contributed by atoms with Crippen LogP contribution in [0.4, 0.5) is 0 Å². The van der Waals surface area contributed by atoms with Gasteiger partial charge in [-0.25, -0.2) is 0 Å². The zero-order valence-electron chi connectivity index (χ0n) is 18.8. The molecule has 0 atom stereocenters. The lowest BCUT2D eigenvalue weighted by molar-refractivity contribution is 0.0970. The maximum absolute atomic E-state index is 13.6. The summed E-state index contributed by atoms with van der Waals surface area (Å²) in [5.41, 5.74) is 2.70. The number of methoxy groups -OCH3 is 2. The van der Waals surface area contributed by atoms with E-state index < -0.39 is 0 Å². The minimum absolute atomic E-state index is 0.0699. The number of aryl methyl sites for hydroxylation is 1. The van der Waals surface area contributed by atoms with Crippen molar-refractivity contribution in [2.45, 2.75) is 19.9 Å². The molecule has 0 aliphatic carbocycles. The molecule has 0 radical (unpaired) electrons. The normalized spacial score (nSPS) is 13.5. The van der Waals surface area contributed by atoms with E-state index in [0.29, 0.717) is 47.1 Å². The molecule has 1 aliphatic rings. The van der Waals surface area contributed by atoms with Crippen LogP contribution in [0.3, 0.4) is 0 Å². The molecule has 7 heteroatoms. The Kier molecular flexibility index (Phi) is 5.83. The van der Waals surface area contributed by atoms with Gasteiger partial charge in [0, 0.05) is 18.0 Å². The van der Waals surface area contributed by atoms with Gasteiger partial charge in [-0.05, 0) is 54.6 Å². The first-order valence-electron chi connectivity index (χ1n) is 10.8. The van der Waals surface area contributed by atoms with Gasteiger partial charge in [-0.3, -0.25) is 9.69 Å². The van der Waals surface area contributed by atoms with E-state index in [0.717, 1.165) is 29.8 Å². The quantitative estimate of drug-likeness (QED) is 0.390. The molecular weight excluding hydrogens is 438 g/mol. The van der Waals surface area contributed by atoms with Crippen molar-refractivity contribution in [3.8, 4) is 28.4 Å². The molecule has 3 heterocycles. The highest BCUT2D eigenvalue weighted by Gasteiger charge is 2.24. The summed E-state index contributed by atoms with van der Waals surface area (Å²) in [5, 5.41) is 2.64. The summed E-state index contributed by atoms with van der Waals surface area (Å²) in [4.78, 5) is 17.2. The second-order valence-electron chi connectivity index (χ2n) is 8.01. The Bertz CT molecular complexity index is 1360. The van der Waals surface area contributed by atoms with Crippen LogP contribution in [0.2, 0.25) is 0 Å². The average Bonchev–Trinajstić information content (AvgIpc) is 3.36. The summed E-state index contributed by atoms with van der Waals surface area (Å²) < 4.78 is 23.0. The number of hydrogen-bond acceptors (Lipinski definition) is 7. The third-order valence-electron chi connectivity index (χ3n) is 6.01. The maximum atomic E-state index is 13.6. The van der Waals surface area contributed by atoms with E-state index in [4.69, 9.17) is 18.6 Å². The molecule has 6 nitrogen and oxygen atoms in total. The third-order valence-corrected chi connectivity index (χ3v) is 6.94. The van der Waals surface area contributed by atoms with Crippen LogP contribution in [0.5, 0.6) is 17.2 Å². The molecule has 0 saturated carbocycles. The van der Waals surface area contributed by atoms with Crippen molar-refractivity contribution in [2.24, 2.45) is 0 Å². The Morgan fingerprint density at radius 2 is 1.94 bits per heavy atom. The highest BCUT2D eigenvalue weighted by molar-refractivity contribution is 7.09. The smallest absolute Gasteiger partial charge is 0.200 e. The number of hydrogen-bond donors (Lipinski definition) is 0. The lowest BCUT2D eigenvalue weighted by Crippen LogP contribution is -2.33. The standard InChI is InChI=1S/C26H25NO5S/c1-16-24(17-6-8-22(29-2)23(13-17)30-3)25(28)19-7-9-21-20(26(19)32-16)14-27(15-31-21)11-10-18-5-4-12-33-18/h4-9,12-13H,10-11,14-15H2,1-3H3. The predicted molar refractivity (Wildman–Crippen MR) is 130 cm³/mol. The molecule has 0 bridgehead atoms. The minimum Gasteiger partial charge on any atom is -0.493 e. The van der Waals surface area contributed by atoms with Crippen LogP contribution in [0, 0.1) is 6.92 Å². The molecule has 0 saturated heterocycles. The predicted octanol–water partition coefficient (Wildman–Crippen LogP) is 5.24. The van der Waals surface area contributed by atoms with Gasteiger partial charge in [0.15, 0.2) is 11.5 Å². The molecular formula is C26H25NO5S. The van der Waals surface area contributed by atoms with E-state index >= 15 is 0 Å². The largest absolute Gasteiger partial charge is 0.493 e.